The summed E-state index contributed by atoms with van der Waals surface area (Å²) >= 11 is 3.82. The van der Waals surface area contributed by atoms with Crippen LogP contribution in [0.25, 0.3) is 10.9 Å². The minimum Gasteiger partial charge on any atom is -0.449 e. The van der Waals surface area contributed by atoms with E-state index in [-0.39, 0.29) is 6.09 Å². The summed E-state index contributed by atoms with van der Waals surface area (Å²) in [7, 11) is 4.35. The number of carbonyl (C=O) groups is 1. The zero-order valence-corrected chi connectivity index (χ0v) is 18.7. The molecule has 2 fully saturated rings. The monoisotopic (exact) mass is 461 g/mol. The number of aryl methyl sites for hydroxylation is 1. The van der Waals surface area contributed by atoms with Gasteiger partial charge in [-0.1, -0.05) is 12.1 Å². The van der Waals surface area contributed by atoms with E-state index in [1.54, 1.807) is 4.90 Å². The molecule has 1 aliphatic carbocycles. The molecule has 0 bridgehead atoms. The summed E-state index contributed by atoms with van der Waals surface area (Å²) in [5.74, 6) is 0.835. The number of carbonyl (C=O) groups excluding carboxylic acids is 1. The maximum Gasteiger partial charge on any atom is 0.409 e. The van der Waals surface area contributed by atoms with Gasteiger partial charge in [0.15, 0.2) is 0 Å². The standard InChI is InChI=1S/C22H28BrN3O3/c1-24-12-14(13-29-22(27)26-6-8-28-9-7-26)10-16-15-4-3-5-18-20(15)17(11-19(16)24)21(23)25(18)2/h3-5,14,16,19H,6-13H2,1-2H3/t14?,16-,19-/m1/s1. The van der Waals surface area contributed by atoms with Crippen LogP contribution in [0.4, 0.5) is 4.79 Å². The fraction of sp³-hybridized carbons (Fsp3) is 0.591. The molecule has 3 atom stereocenters. The summed E-state index contributed by atoms with van der Waals surface area (Å²) in [4.78, 5) is 16.6. The number of hydrogen-bond donors (Lipinski definition) is 0. The van der Waals surface area contributed by atoms with Crippen LogP contribution in [0.15, 0.2) is 22.8 Å². The van der Waals surface area contributed by atoms with Crippen LogP contribution in [0.1, 0.15) is 23.5 Å². The highest BCUT2D eigenvalue weighted by molar-refractivity contribution is 9.10. The normalized spacial score (nSPS) is 27.1. The third-order valence-corrected chi connectivity index (χ3v) is 7.98. The van der Waals surface area contributed by atoms with Crippen molar-refractivity contribution in [2.75, 3.05) is 46.5 Å². The number of halogens is 1. The molecule has 0 radical (unpaired) electrons. The average molecular weight is 462 g/mol. The molecular weight excluding hydrogens is 434 g/mol. The molecule has 3 aliphatic rings. The molecule has 1 aromatic heterocycles. The number of nitrogens with zero attached hydrogens (tertiary/aromatic N) is 3. The van der Waals surface area contributed by atoms with Crippen molar-refractivity contribution in [3.05, 3.63) is 33.9 Å². The Morgan fingerprint density at radius 2 is 2.07 bits per heavy atom. The second-order valence-electron chi connectivity index (χ2n) is 8.67. The van der Waals surface area contributed by atoms with E-state index in [4.69, 9.17) is 9.47 Å². The number of morpholine rings is 1. The second kappa shape index (κ2) is 7.60. The van der Waals surface area contributed by atoms with E-state index in [0.717, 1.165) is 19.4 Å². The first-order valence-corrected chi connectivity index (χ1v) is 11.3. The Morgan fingerprint density at radius 3 is 2.86 bits per heavy atom. The zero-order chi connectivity index (χ0) is 20.1. The van der Waals surface area contributed by atoms with Crippen molar-refractivity contribution in [3.8, 4) is 0 Å². The highest BCUT2D eigenvalue weighted by atomic mass is 79.9. The van der Waals surface area contributed by atoms with Gasteiger partial charge in [0.05, 0.1) is 24.4 Å². The fourth-order valence-corrected chi connectivity index (χ4v) is 6.05. The van der Waals surface area contributed by atoms with Crippen LogP contribution in [0, 0.1) is 5.92 Å². The Kier molecular flexibility index (Phi) is 5.08. The molecule has 6 nitrogen and oxygen atoms in total. The lowest BCUT2D eigenvalue weighted by Crippen LogP contribution is -2.49. The average Bonchev–Trinajstić information content (AvgIpc) is 2.99. The van der Waals surface area contributed by atoms with Crippen molar-refractivity contribution in [1.29, 1.82) is 0 Å². The number of piperidine rings is 1. The van der Waals surface area contributed by atoms with Gasteiger partial charge in [0, 0.05) is 55.5 Å². The Balaban J connectivity index is 1.35. The molecule has 0 N–H and O–H groups in total. The number of hydrogen-bond acceptors (Lipinski definition) is 4. The fourth-order valence-electron chi connectivity index (χ4n) is 5.50. The molecule has 3 heterocycles. The molecule has 0 spiro atoms. The number of amides is 1. The van der Waals surface area contributed by atoms with Crippen molar-refractivity contribution in [2.45, 2.75) is 24.8 Å². The highest BCUT2D eigenvalue weighted by Gasteiger charge is 2.40. The Hall–Kier alpha value is -1.57. The van der Waals surface area contributed by atoms with E-state index in [9.17, 15) is 4.79 Å². The third kappa shape index (κ3) is 3.27. The van der Waals surface area contributed by atoms with Gasteiger partial charge in [-0.2, -0.15) is 0 Å². The van der Waals surface area contributed by atoms with Crippen molar-refractivity contribution < 1.29 is 14.3 Å². The van der Waals surface area contributed by atoms with E-state index in [1.165, 1.54) is 26.6 Å². The van der Waals surface area contributed by atoms with Crippen molar-refractivity contribution in [3.63, 3.8) is 0 Å². The van der Waals surface area contributed by atoms with Crippen molar-refractivity contribution >= 4 is 32.9 Å². The number of benzene rings is 1. The number of aromatic nitrogens is 1. The van der Waals surface area contributed by atoms with Gasteiger partial charge >= 0.3 is 6.09 Å². The molecule has 29 heavy (non-hydrogen) atoms. The molecule has 0 saturated carbocycles. The Labute approximate surface area is 179 Å². The van der Waals surface area contributed by atoms with Gasteiger partial charge in [-0.25, -0.2) is 4.79 Å². The summed E-state index contributed by atoms with van der Waals surface area (Å²) in [6.45, 7) is 3.91. The van der Waals surface area contributed by atoms with Crippen LogP contribution in [0.2, 0.25) is 0 Å². The van der Waals surface area contributed by atoms with E-state index in [2.05, 4.69) is 57.7 Å². The molecule has 1 amide bonds. The lowest BCUT2D eigenvalue weighted by Gasteiger charge is -2.45. The minimum atomic E-state index is -0.196. The smallest absolute Gasteiger partial charge is 0.409 e. The second-order valence-corrected chi connectivity index (χ2v) is 9.42. The first-order chi connectivity index (χ1) is 14.0. The molecule has 156 valence electrons. The number of likely N-dealkylation sites (N-methyl/N-ethyl adjacent to an activating group) is 1. The van der Waals surface area contributed by atoms with Crippen LogP contribution >= 0.6 is 15.9 Å². The topological polar surface area (TPSA) is 46.9 Å². The van der Waals surface area contributed by atoms with Crippen LogP contribution in [-0.4, -0.2) is 73.0 Å². The molecule has 7 heteroatoms. The zero-order valence-electron chi connectivity index (χ0n) is 17.1. The van der Waals surface area contributed by atoms with Crippen molar-refractivity contribution in [1.82, 2.24) is 14.4 Å². The maximum absolute atomic E-state index is 12.4. The number of fused-ring (bicyclic) bond motifs is 2. The van der Waals surface area contributed by atoms with Gasteiger partial charge in [0.25, 0.3) is 0 Å². The molecule has 5 rings (SSSR count). The summed E-state index contributed by atoms with van der Waals surface area (Å²) in [6.07, 6.45) is 1.94. The summed E-state index contributed by atoms with van der Waals surface area (Å²) < 4.78 is 14.5. The summed E-state index contributed by atoms with van der Waals surface area (Å²) in [6, 6.07) is 7.18. The van der Waals surface area contributed by atoms with Gasteiger partial charge in [-0.05, 0) is 53.0 Å². The molecule has 2 aliphatic heterocycles. The van der Waals surface area contributed by atoms with E-state index < -0.39 is 0 Å². The number of rotatable bonds is 2. The van der Waals surface area contributed by atoms with Gasteiger partial charge < -0.3 is 23.8 Å². The maximum atomic E-state index is 12.4. The predicted molar refractivity (Wildman–Crippen MR) is 115 cm³/mol. The van der Waals surface area contributed by atoms with Crippen LogP contribution < -0.4 is 0 Å². The van der Waals surface area contributed by atoms with Crippen LogP contribution in [0.3, 0.4) is 0 Å². The van der Waals surface area contributed by atoms with Gasteiger partial charge in [0.2, 0.25) is 0 Å². The van der Waals surface area contributed by atoms with Gasteiger partial charge in [0.1, 0.15) is 0 Å². The molecule has 1 aromatic carbocycles. The number of likely N-dealkylation sites (tertiary alicyclic amines) is 1. The van der Waals surface area contributed by atoms with Crippen LogP contribution in [0.5, 0.6) is 0 Å². The van der Waals surface area contributed by atoms with E-state index in [0.29, 0.717) is 50.8 Å². The first kappa shape index (κ1) is 19.4. The van der Waals surface area contributed by atoms with Crippen molar-refractivity contribution in [2.24, 2.45) is 13.0 Å². The van der Waals surface area contributed by atoms with Gasteiger partial charge in [-0.3, -0.25) is 0 Å². The quantitative estimate of drug-likeness (QED) is 0.687. The van der Waals surface area contributed by atoms with E-state index >= 15 is 0 Å². The largest absolute Gasteiger partial charge is 0.449 e. The first-order valence-electron chi connectivity index (χ1n) is 10.5. The lowest BCUT2D eigenvalue weighted by molar-refractivity contribution is 0.0132. The third-order valence-electron chi connectivity index (χ3n) is 6.97. The molecule has 2 aromatic rings. The molecule has 1 unspecified atom stereocenters. The minimum absolute atomic E-state index is 0.196. The Morgan fingerprint density at radius 1 is 1.28 bits per heavy atom. The lowest BCUT2D eigenvalue weighted by atomic mass is 9.72. The predicted octanol–water partition coefficient (Wildman–Crippen LogP) is 3.37. The highest BCUT2D eigenvalue weighted by Crippen LogP contribution is 2.47. The number of ether oxygens (including phenoxy) is 2. The van der Waals surface area contributed by atoms with Crippen LogP contribution in [-0.2, 0) is 22.9 Å². The molecular formula is C22H28BrN3O3. The Bertz CT molecular complexity index is 937. The SMILES string of the molecule is CN1CC(COC(=O)N2CCOCC2)C[C@@H]2c3cccc4c3c(c(Br)n4C)C[C@H]21. The summed E-state index contributed by atoms with van der Waals surface area (Å²) in [5, 5.41) is 1.42. The molecule has 2 saturated heterocycles. The summed E-state index contributed by atoms with van der Waals surface area (Å²) in [5.41, 5.74) is 4.18. The van der Waals surface area contributed by atoms with E-state index in [1.807, 2.05) is 0 Å². The van der Waals surface area contributed by atoms with Gasteiger partial charge in [-0.15, -0.1) is 0 Å².